The number of ether oxygens (including phenoxy) is 2. The molecule has 0 radical (unpaired) electrons. The van der Waals surface area contributed by atoms with Crippen molar-refractivity contribution in [3.8, 4) is 11.5 Å². The van der Waals surface area contributed by atoms with E-state index in [2.05, 4.69) is 9.88 Å². The highest BCUT2D eigenvalue weighted by atomic mass is 35.5. The summed E-state index contributed by atoms with van der Waals surface area (Å²) >= 11 is 6.17. The summed E-state index contributed by atoms with van der Waals surface area (Å²) in [4.78, 5) is 20.8. The highest BCUT2D eigenvalue weighted by molar-refractivity contribution is 6.32. The summed E-state index contributed by atoms with van der Waals surface area (Å²) in [5.41, 5.74) is 0.805. The molecule has 0 aliphatic carbocycles. The van der Waals surface area contributed by atoms with Gasteiger partial charge in [-0.25, -0.2) is 4.98 Å². The molecule has 26 heavy (non-hydrogen) atoms. The van der Waals surface area contributed by atoms with E-state index in [4.69, 9.17) is 21.1 Å². The fourth-order valence-electron chi connectivity index (χ4n) is 3.05. The van der Waals surface area contributed by atoms with E-state index in [9.17, 15) is 4.79 Å². The molecule has 1 aromatic heterocycles. The van der Waals surface area contributed by atoms with E-state index in [1.165, 1.54) is 0 Å². The van der Waals surface area contributed by atoms with Gasteiger partial charge in [0.1, 0.15) is 5.82 Å². The van der Waals surface area contributed by atoms with Crippen molar-refractivity contribution in [1.29, 1.82) is 0 Å². The first kappa shape index (κ1) is 16.7. The van der Waals surface area contributed by atoms with E-state index in [1.807, 2.05) is 29.2 Å². The quantitative estimate of drug-likeness (QED) is 0.776. The SMILES string of the molecule is O=C(C=Cc1cc(Cl)c2c(c1)OCO2)N1CCN(c2ccccn2)CC1. The monoisotopic (exact) mass is 371 g/mol. The summed E-state index contributed by atoms with van der Waals surface area (Å²) in [7, 11) is 0. The Kier molecular flexibility index (Phi) is 4.67. The molecule has 1 fully saturated rings. The lowest BCUT2D eigenvalue weighted by atomic mass is 10.2. The molecule has 3 heterocycles. The third-order valence-electron chi connectivity index (χ3n) is 4.43. The summed E-state index contributed by atoms with van der Waals surface area (Å²) in [5.74, 6) is 2.10. The minimum Gasteiger partial charge on any atom is -0.454 e. The minimum absolute atomic E-state index is 0.0144. The first-order valence-corrected chi connectivity index (χ1v) is 8.80. The number of carbonyl (C=O) groups excluding carboxylic acids is 1. The largest absolute Gasteiger partial charge is 0.454 e. The molecule has 0 saturated carbocycles. The number of anilines is 1. The number of carbonyl (C=O) groups is 1. The van der Waals surface area contributed by atoms with Crippen LogP contribution in [0.25, 0.3) is 6.08 Å². The Morgan fingerprint density at radius 1 is 1.15 bits per heavy atom. The van der Waals surface area contributed by atoms with Crippen LogP contribution in [-0.4, -0.2) is 48.8 Å². The summed E-state index contributed by atoms with van der Waals surface area (Å²) in [6.45, 7) is 3.05. The molecule has 0 N–H and O–H groups in total. The average Bonchev–Trinajstić information content (AvgIpc) is 3.16. The van der Waals surface area contributed by atoms with E-state index in [0.717, 1.165) is 24.5 Å². The maximum atomic E-state index is 12.4. The predicted molar refractivity (Wildman–Crippen MR) is 99.6 cm³/mol. The molecule has 0 unspecified atom stereocenters. The van der Waals surface area contributed by atoms with Gasteiger partial charge in [-0.05, 0) is 35.9 Å². The van der Waals surface area contributed by atoms with Gasteiger partial charge in [0.25, 0.3) is 0 Å². The number of hydrogen-bond acceptors (Lipinski definition) is 5. The van der Waals surface area contributed by atoms with Crippen molar-refractivity contribution < 1.29 is 14.3 Å². The first-order valence-electron chi connectivity index (χ1n) is 8.43. The van der Waals surface area contributed by atoms with E-state index < -0.39 is 0 Å². The van der Waals surface area contributed by atoms with Gasteiger partial charge in [-0.2, -0.15) is 0 Å². The lowest BCUT2D eigenvalue weighted by Gasteiger charge is -2.34. The maximum Gasteiger partial charge on any atom is 0.246 e. The van der Waals surface area contributed by atoms with Gasteiger partial charge in [0.2, 0.25) is 12.7 Å². The summed E-state index contributed by atoms with van der Waals surface area (Å²) in [6.07, 6.45) is 5.11. The van der Waals surface area contributed by atoms with E-state index in [0.29, 0.717) is 29.6 Å². The molecular weight excluding hydrogens is 354 g/mol. The molecule has 4 rings (SSSR count). The highest BCUT2D eigenvalue weighted by Gasteiger charge is 2.21. The van der Waals surface area contributed by atoms with Gasteiger partial charge in [0.05, 0.1) is 5.02 Å². The van der Waals surface area contributed by atoms with Crippen molar-refractivity contribution in [2.24, 2.45) is 0 Å². The Labute approximate surface area is 156 Å². The molecule has 7 heteroatoms. The summed E-state index contributed by atoms with van der Waals surface area (Å²) in [6, 6.07) is 9.44. The number of nitrogens with zero attached hydrogens (tertiary/aromatic N) is 3. The Bertz CT molecular complexity index is 833. The first-order chi connectivity index (χ1) is 12.7. The summed E-state index contributed by atoms with van der Waals surface area (Å²) < 4.78 is 10.6. The van der Waals surface area contributed by atoms with Crippen LogP contribution < -0.4 is 14.4 Å². The van der Waals surface area contributed by atoms with Crippen molar-refractivity contribution >= 4 is 29.4 Å². The van der Waals surface area contributed by atoms with Crippen LogP contribution in [0.1, 0.15) is 5.56 Å². The van der Waals surface area contributed by atoms with Crippen LogP contribution in [0, 0.1) is 0 Å². The fourth-order valence-corrected chi connectivity index (χ4v) is 3.33. The fraction of sp³-hybridized carbons (Fsp3) is 0.263. The van der Waals surface area contributed by atoms with Crippen molar-refractivity contribution in [1.82, 2.24) is 9.88 Å². The molecule has 2 aliphatic rings. The zero-order chi connectivity index (χ0) is 17.9. The van der Waals surface area contributed by atoms with Crippen LogP contribution in [0.4, 0.5) is 5.82 Å². The van der Waals surface area contributed by atoms with Crippen LogP contribution in [0.3, 0.4) is 0 Å². The number of hydrogen-bond donors (Lipinski definition) is 0. The number of rotatable bonds is 3. The Balaban J connectivity index is 1.37. The van der Waals surface area contributed by atoms with Crippen LogP contribution in [0.15, 0.2) is 42.6 Å². The molecule has 1 aromatic carbocycles. The van der Waals surface area contributed by atoms with E-state index >= 15 is 0 Å². The zero-order valence-electron chi connectivity index (χ0n) is 14.1. The number of fused-ring (bicyclic) bond motifs is 1. The molecule has 0 bridgehead atoms. The van der Waals surface area contributed by atoms with Gasteiger partial charge in [-0.15, -0.1) is 0 Å². The predicted octanol–water partition coefficient (Wildman–Crippen LogP) is 2.83. The second-order valence-corrected chi connectivity index (χ2v) is 6.48. The molecule has 6 nitrogen and oxygen atoms in total. The smallest absolute Gasteiger partial charge is 0.246 e. The number of benzene rings is 1. The average molecular weight is 372 g/mol. The van der Waals surface area contributed by atoms with Gasteiger partial charge in [-0.1, -0.05) is 17.7 Å². The zero-order valence-corrected chi connectivity index (χ0v) is 14.9. The number of halogens is 1. The van der Waals surface area contributed by atoms with Crippen molar-refractivity contribution in [2.45, 2.75) is 0 Å². The van der Waals surface area contributed by atoms with Gasteiger partial charge in [0, 0.05) is 38.5 Å². The van der Waals surface area contributed by atoms with Gasteiger partial charge in [-0.3, -0.25) is 4.79 Å². The molecule has 2 aromatic rings. The van der Waals surface area contributed by atoms with Crippen LogP contribution in [0.5, 0.6) is 11.5 Å². The third-order valence-corrected chi connectivity index (χ3v) is 4.71. The van der Waals surface area contributed by atoms with E-state index in [1.54, 1.807) is 24.4 Å². The second-order valence-electron chi connectivity index (χ2n) is 6.07. The molecule has 1 saturated heterocycles. The van der Waals surface area contributed by atoms with Crippen LogP contribution >= 0.6 is 11.6 Å². The third kappa shape index (κ3) is 3.46. The highest BCUT2D eigenvalue weighted by Crippen LogP contribution is 2.40. The van der Waals surface area contributed by atoms with E-state index in [-0.39, 0.29) is 12.7 Å². The van der Waals surface area contributed by atoms with Gasteiger partial charge < -0.3 is 19.3 Å². The van der Waals surface area contributed by atoms with Crippen LogP contribution in [-0.2, 0) is 4.79 Å². The number of amides is 1. The molecule has 0 atom stereocenters. The van der Waals surface area contributed by atoms with Crippen molar-refractivity contribution in [2.75, 3.05) is 37.9 Å². The Morgan fingerprint density at radius 2 is 2.00 bits per heavy atom. The Morgan fingerprint density at radius 3 is 2.77 bits per heavy atom. The van der Waals surface area contributed by atoms with Crippen molar-refractivity contribution in [3.63, 3.8) is 0 Å². The molecule has 2 aliphatic heterocycles. The molecule has 0 spiro atoms. The maximum absolute atomic E-state index is 12.4. The van der Waals surface area contributed by atoms with Crippen molar-refractivity contribution in [3.05, 3.63) is 53.2 Å². The number of aromatic nitrogens is 1. The number of piperazine rings is 1. The lowest BCUT2D eigenvalue weighted by molar-refractivity contribution is -0.126. The second kappa shape index (κ2) is 7.25. The minimum atomic E-state index is -0.0144. The molecule has 1 amide bonds. The molecular formula is C19H18ClN3O3. The topological polar surface area (TPSA) is 54.9 Å². The lowest BCUT2D eigenvalue weighted by Crippen LogP contribution is -2.48. The Hall–Kier alpha value is -2.73. The normalized spacial score (nSPS) is 16.3. The molecule has 134 valence electrons. The van der Waals surface area contributed by atoms with Gasteiger partial charge >= 0.3 is 0 Å². The number of pyridine rings is 1. The van der Waals surface area contributed by atoms with Gasteiger partial charge in [0.15, 0.2) is 11.5 Å². The standard InChI is InChI=1S/C19H18ClN3O3/c20-15-11-14(12-16-19(15)26-13-25-16)4-5-18(24)23-9-7-22(8-10-23)17-3-1-2-6-21-17/h1-6,11-12H,7-10,13H2. The van der Waals surface area contributed by atoms with Crippen LogP contribution in [0.2, 0.25) is 5.02 Å². The summed E-state index contributed by atoms with van der Waals surface area (Å²) in [5, 5.41) is 0.482.